The molecule has 0 radical (unpaired) electrons. The van der Waals surface area contributed by atoms with E-state index in [4.69, 9.17) is 9.47 Å². The van der Waals surface area contributed by atoms with E-state index in [2.05, 4.69) is 26.5 Å². The van der Waals surface area contributed by atoms with Crippen molar-refractivity contribution in [3.05, 3.63) is 57.9 Å². The summed E-state index contributed by atoms with van der Waals surface area (Å²) in [6.07, 6.45) is 0. The van der Waals surface area contributed by atoms with Crippen molar-refractivity contribution in [2.24, 2.45) is 0 Å². The van der Waals surface area contributed by atoms with Crippen LogP contribution in [0.2, 0.25) is 0 Å². The van der Waals surface area contributed by atoms with Crippen molar-refractivity contribution in [1.82, 2.24) is 15.5 Å². The summed E-state index contributed by atoms with van der Waals surface area (Å²) < 4.78 is 10.7. The fourth-order valence-corrected chi connectivity index (χ4v) is 4.84. The van der Waals surface area contributed by atoms with Gasteiger partial charge < -0.3 is 25.0 Å². The third-order valence-electron chi connectivity index (χ3n) is 5.65. The molecule has 2 aliphatic heterocycles. The molecule has 0 saturated carbocycles. The Balaban J connectivity index is 1.51. The number of anilines is 1. The number of piperazine rings is 1. The van der Waals surface area contributed by atoms with Crippen LogP contribution in [0.1, 0.15) is 17.8 Å². The average Bonchev–Trinajstić information content (AvgIpc) is 3.34. The molecule has 1 fully saturated rings. The Morgan fingerprint density at radius 2 is 2.00 bits per heavy atom. The second-order valence-electron chi connectivity index (χ2n) is 7.62. The molecule has 0 bridgehead atoms. The van der Waals surface area contributed by atoms with Gasteiger partial charge in [0.15, 0.2) is 0 Å². The number of methoxy groups -OCH3 is 1. The van der Waals surface area contributed by atoms with Gasteiger partial charge in [-0.05, 0) is 30.5 Å². The van der Waals surface area contributed by atoms with Crippen molar-refractivity contribution in [3.8, 4) is 5.75 Å². The van der Waals surface area contributed by atoms with Gasteiger partial charge in [-0.25, -0.2) is 9.59 Å². The third kappa shape index (κ3) is 4.89. The minimum absolute atomic E-state index is 0.278. The largest absolute Gasteiger partial charge is 0.497 e. The van der Waals surface area contributed by atoms with Crippen LogP contribution in [0.3, 0.4) is 0 Å². The number of amides is 2. The standard InChI is InChI=1S/C23H28N4O4S/c1-3-31-22(28)20-18(24-23(29)25-21(20)19-8-5-13-32-19)15-26-9-11-27(12-10-26)16-6-4-7-17(14-16)30-2/h4-8,13-14,21H,3,9-12,15H2,1-2H3,(H2,24,25,29). The Morgan fingerprint density at radius 1 is 1.19 bits per heavy atom. The fraction of sp³-hybridized carbons (Fsp3) is 0.391. The highest BCUT2D eigenvalue weighted by Gasteiger charge is 2.35. The highest BCUT2D eigenvalue weighted by molar-refractivity contribution is 7.10. The van der Waals surface area contributed by atoms with Crippen LogP contribution in [0.15, 0.2) is 53.0 Å². The van der Waals surface area contributed by atoms with Gasteiger partial charge in [-0.1, -0.05) is 12.1 Å². The van der Waals surface area contributed by atoms with Gasteiger partial charge in [0.25, 0.3) is 0 Å². The van der Waals surface area contributed by atoms with Crippen LogP contribution < -0.4 is 20.3 Å². The zero-order valence-corrected chi connectivity index (χ0v) is 19.1. The van der Waals surface area contributed by atoms with Crippen molar-refractivity contribution >= 4 is 29.0 Å². The molecule has 170 valence electrons. The summed E-state index contributed by atoms with van der Waals surface area (Å²) in [7, 11) is 1.67. The quantitative estimate of drug-likeness (QED) is 0.624. The molecular formula is C23H28N4O4S. The van der Waals surface area contributed by atoms with E-state index in [1.54, 1.807) is 14.0 Å². The highest BCUT2D eigenvalue weighted by atomic mass is 32.1. The predicted octanol–water partition coefficient (Wildman–Crippen LogP) is 2.75. The van der Waals surface area contributed by atoms with Crippen molar-refractivity contribution in [3.63, 3.8) is 0 Å². The summed E-state index contributed by atoms with van der Waals surface area (Å²) in [6.45, 7) is 5.85. The highest BCUT2D eigenvalue weighted by Crippen LogP contribution is 2.31. The molecule has 1 atom stereocenters. The maximum absolute atomic E-state index is 12.9. The van der Waals surface area contributed by atoms with Crippen molar-refractivity contribution in [1.29, 1.82) is 0 Å². The number of urea groups is 1. The van der Waals surface area contributed by atoms with E-state index in [1.165, 1.54) is 11.3 Å². The monoisotopic (exact) mass is 456 g/mol. The van der Waals surface area contributed by atoms with Crippen LogP contribution in [-0.2, 0) is 9.53 Å². The molecular weight excluding hydrogens is 428 g/mol. The van der Waals surface area contributed by atoms with E-state index in [0.29, 0.717) is 17.8 Å². The second kappa shape index (κ2) is 10.1. The normalized spacial score (nSPS) is 19.4. The first-order chi connectivity index (χ1) is 15.6. The Morgan fingerprint density at radius 3 is 2.69 bits per heavy atom. The lowest BCUT2D eigenvalue weighted by atomic mass is 10.0. The number of nitrogens with one attached hydrogen (secondary N) is 2. The molecule has 3 heterocycles. The number of benzene rings is 1. The number of carbonyl (C=O) groups excluding carboxylic acids is 2. The molecule has 32 heavy (non-hydrogen) atoms. The van der Waals surface area contributed by atoms with E-state index in [-0.39, 0.29) is 12.6 Å². The summed E-state index contributed by atoms with van der Waals surface area (Å²) in [5.74, 6) is 0.439. The minimum atomic E-state index is -0.504. The second-order valence-corrected chi connectivity index (χ2v) is 8.60. The van der Waals surface area contributed by atoms with Crippen LogP contribution in [-0.4, -0.2) is 63.3 Å². The topological polar surface area (TPSA) is 83.1 Å². The Kier molecular flexibility index (Phi) is 6.96. The first-order valence-corrected chi connectivity index (χ1v) is 11.6. The van der Waals surface area contributed by atoms with Gasteiger partial charge in [-0.3, -0.25) is 4.90 Å². The minimum Gasteiger partial charge on any atom is -0.497 e. The Hall–Kier alpha value is -3.04. The number of hydrogen-bond acceptors (Lipinski definition) is 7. The maximum Gasteiger partial charge on any atom is 0.338 e. The molecule has 1 saturated heterocycles. The van der Waals surface area contributed by atoms with Gasteiger partial charge >= 0.3 is 12.0 Å². The van der Waals surface area contributed by atoms with Crippen LogP contribution in [0.5, 0.6) is 5.75 Å². The lowest BCUT2D eigenvalue weighted by molar-refractivity contribution is -0.139. The third-order valence-corrected chi connectivity index (χ3v) is 6.59. The van der Waals surface area contributed by atoms with Crippen LogP contribution in [0, 0.1) is 0 Å². The molecule has 2 N–H and O–H groups in total. The number of rotatable bonds is 7. The summed E-state index contributed by atoms with van der Waals surface area (Å²) in [5, 5.41) is 7.68. The van der Waals surface area contributed by atoms with Crippen molar-refractivity contribution in [2.45, 2.75) is 13.0 Å². The summed E-state index contributed by atoms with van der Waals surface area (Å²) in [5.41, 5.74) is 2.22. The first-order valence-electron chi connectivity index (χ1n) is 10.7. The van der Waals surface area contributed by atoms with E-state index < -0.39 is 12.0 Å². The van der Waals surface area contributed by atoms with E-state index in [9.17, 15) is 9.59 Å². The molecule has 1 aromatic heterocycles. The Labute approximate surface area is 191 Å². The lowest BCUT2D eigenvalue weighted by Gasteiger charge is -2.38. The molecule has 8 nitrogen and oxygen atoms in total. The van der Waals surface area contributed by atoms with E-state index in [1.807, 2.05) is 35.7 Å². The number of ether oxygens (including phenoxy) is 2. The van der Waals surface area contributed by atoms with E-state index >= 15 is 0 Å². The van der Waals surface area contributed by atoms with Crippen LogP contribution in [0.25, 0.3) is 0 Å². The number of esters is 1. The molecule has 2 amide bonds. The average molecular weight is 457 g/mol. The molecule has 1 aromatic carbocycles. The summed E-state index contributed by atoms with van der Waals surface area (Å²) in [6, 6.07) is 11.1. The molecule has 0 aliphatic carbocycles. The van der Waals surface area contributed by atoms with Gasteiger partial charge in [0.2, 0.25) is 0 Å². The van der Waals surface area contributed by atoms with Gasteiger partial charge in [0.1, 0.15) is 5.75 Å². The number of nitrogens with zero attached hydrogens (tertiary/aromatic N) is 2. The van der Waals surface area contributed by atoms with Crippen LogP contribution >= 0.6 is 11.3 Å². The summed E-state index contributed by atoms with van der Waals surface area (Å²) >= 11 is 1.50. The van der Waals surface area contributed by atoms with Crippen LogP contribution in [0.4, 0.5) is 10.5 Å². The molecule has 2 aliphatic rings. The zero-order valence-electron chi connectivity index (χ0n) is 18.3. The SMILES string of the molecule is CCOC(=O)C1=C(CN2CCN(c3cccc(OC)c3)CC2)NC(=O)NC1c1cccs1. The lowest BCUT2D eigenvalue weighted by Crippen LogP contribution is -2.51. The van der Waals surface area contributed by atoms with Gasteiger partial charge in [-0.2, -0.15) is 0 Å². The molecule has 2 aromatic rings. The van der Waals surface area contributed by atoms with Crippen molar-refractivity contribution in [2.75, 3.05) is 51.3 Å². The maximum atomic E-state index is 12.9. The smallest absolute Gasteiger partial charge is 0.338 e. The first kappa shape index (κ1) is 22.2. The zero-order chi connectivity index (χ0) is 22.5. The predicted molar refractivity (Wildman–Crippen MR) is 124 cm³/mol. The number of carbonyl (C=O) groups is 2. The fourth-order valence-electron chi connectivity index (χ4n) is 4.06. The van der Waals surface area contributed by atoms with Crippen molar-refractivity contribution < 1.29 is 19.1 Å². The molecule has 9 heteroatoms. The van der Waals surface area contributed by atoms with E-state index in [0.717, 1.165) is 42.5 Å². The molecule has 4 rings (SSSR count). The van der Waals surface area contributed by atoms with Gasteiger partial charge in [0, 0.05) is 55.1 Å². The molecule has 1 unspecified atom stereocenters. The van der Waals surface area contributed by atoms with Gasteiger partial charge in [0.05, 0.1) is 25.3 Å². The molecule has 0 spiro atoms. The number of hydrogen-bond donors (Lipinski definition) is 2. The number of thiophene rings is 1. The Bertz CT molecular complexity index is 984. The summed E-state index contributed by atoms with van der Waals surface area (Å²) in [4.78, 5) is 30.7. The van der Waals surface area contributed by atoms with Gasteiger partial charge in [-0.15, -0.1) is 11.3 Å².